The Kier molecular flexibility index (Phi) is 6.04. The lowest BCUT2D eigenvalue weighted by atomic mass is 10.0. The summed E-state index contributed by atoms with van der Waals surface area (Å²) in [5.41, 5.74) is 1.03. The standard InChI is InChI=1S/C18H25N3O2S/c1-23-13-7-5-11-19-18(22)21-12-6-4-9-15(21)17-20-14-8-2-3-10-16(14)24-17/h2-3,8,10,15H,4-7,9,11-13H2,1H3,(H,19,22)/t15-/m1/s1. The van der Waals surface area contributed by atoms with Crippen LogP contribution >= 0.6 is 11.3 Å². The topological polar surface area (TPSA) is 54.5 Å². The number of hydrogen-bond donors (Lipinski definition) is 1. The molecule has 1 aliphatic rings. The second-order valence-electron chi connectivity index (χ2n) is 6.16. The van der Waals surface area contributed by atoms with E-state index in [1.54, 1.807) is 18.4 Å². The number of para-hydroxylation sites is 1. The maximum absolute atomic E-state index is 12.6. The molecule has 2 amide bonds. The van der Waals surface area contributed by atoms with Crippen molar-refractivity contribution in [1.29, 1.82) is 0 Å². The molecule has 1 N–H and O–H groups in total. The number of aromatic nitrogens is 1. The van der Waals surface area contributed by atoms with E-state index in [9.17, 15) is 4.79 Å². The van der Waals surface area contributed by atoms with Crippen LogP contribution in [0, 0.1) is 0 Å². The third kappa shape index (κ3) is 4.05. The molecule has 6 heteroatoms. The number of rotatable bonds is 6. The molecule has 1 atom stereocenters. The molecular weight excluding hydrogens is 322 g/mol. The predicted octanol–water partition coefficient (Wildman–Crippen LogP) is 3.96. The smallest absolute Gasteiger partial charge is 0.317 e. The number of carbonyl (C=O) groups is 1. The molecule has 1 aromatic carbocycles. The number of benzene rings is 1. The van der Waals surface area contributed by atoms with Gasteiger partial charge in [0.1, 0.15) is 5.01 Å². The van der Waals surface area contributed by atoms with Gasteiger partial charge in [-0.1, -0.05) is 12.1 Å². The zero-order valence-corrected chi connectivity index (χ0v) is 15.0. The largest absolute Gasteiger partial charge is 0.385 e. The number of nitrogens with zero attached hydrogens (tertiary/aromatic N) is 2. The first-order chi connectivity index (χ1) is 11.8. The molecule has 2 aromatic rings. The van der Waals surface area contributed by atoms with E-state index in [2.05, 4.69) is 11.4 Å². The van der Waals surface area contributed by atoms with E-state index in [1.807, 2.05) is 23.1 Å². The fraction of sp³-hybridized carbons (Fsp3) is 0.556. The molecule has 0 saturated carbocycles. The highest BCUT2D eigenvalue weighted by atomic mass is 32.1. The third-order valence-electron chi connectivity index (χ3n) is 4.41. The summed E-state index contributed by atoms with van der Waals surface area (Å²) in [7, 11) is 1.70. The van der Waals surface area contributed by atoms with E-state index < -0.39 is 0 Å². The minimum atomic E-state index is 0.0383. The maximum atomic E-state index is 12.6. The number of thiazole rings is 1. The van der Waals surface area contributed by atoms with Crippen molar-refractivity contribution >= 4 is 27.6 Å². The Hall–Kier alpha value is -1.66. The summed E-state index contributed by atoms with van der Waals surface area (Å²) in [6.07, 6.45) is 5.13. The molecule has 0 radical (unpaired) electrons. The summed E-state index contributed by atoms with van der Waals surface area (Å²) in [6.45, 7) is 2.25. The van der Waals surface area contributed by atoms with Gasteiger partial charge in [-0.05, 0) is 44.2 Å². The van der Waals surface area contributed by atoms with Crippen LogP contribution in [-0.4, -0.2) is 42.7 Å². The van der Waals surface area contributed by atoms with Crippen LogP contribution in [0.3, 0.4) is 0 Å². The van der Waals surface area contributed by atoms with Gasteiger partial charge in [0.2, 0.25) is 0 Å². The number of methoxy groups -OCH3 is 1. The zero-order chi connectivity index (χ0) is 16.8. The van der Waals surface area contributed by atoms with E-state index in [1.165, 1.54) is 4.70 Å². The highest BCUT2D eigenvalue weighted by molar-refractivity contribution is 7.18. The summed E-state index contributed by atoms with van der Waals surface area (Å²) < 4.78 is 6.23. The van der Waals surface area contributed by atoms with Crippen LogP contribution in [0.2, 0.25) is 0 Å². The Labute approximate surface area is 147 Å². The van der Waals surface area contributed by atoms with Gasteiger partial charge < -0.3 is 15.0 Å². The molecule has 1 saturated heterocycles. The van der Waals surface area contributed by atoms with Gasteiger partial charge >= 0.3 is 6.03 Å². The van der Waals surface area contributed by atoms with E-state index in [0.29, 0.717) is 6.54 Å². The van der Waals surface area contributed by atoms with Crippen LogP contribution in [0.25, 0.3) is 10.2 Å². The van der Waals surface area contributed by atoms with E-state index in [-0.39, 0.29) is 12.1 Å². The van der Waals surface area contributed by atoms with Gasteiger partial charge in [0.15, 0.2) is 0 Å². The average Bonchev–Trinajstić information content (AvgIpc) is 3.05. The quantitative estimate of drug-likeness (QED) is 0.805. The Balaban J connectivity index is 1.65. The van der Waals surface area contributed by atoms with Crippen LogP contribution in [-0.2, 0) is 4.74 Å². The highest BCUT2D eigenvalue weighted by Crippen LogP contribution is 2.35. The number of hydrogen-bond acceptors (Lipinski definition) is 4. The Bertz CT molecular complexity index is 640. The average molecular weight is 347 g/mol. The molecule has 1 aliphatic heterocycles. The minimum absolute atomic E-state index is 0.0383. The van der Waals surface area contributed by atoms with E-state index in [4.69, 9.17) is 9.72 Å². The summed E-state index contributed by atoms with van der Waals surface area (Å²) in [6, 6.07) is 8.33. The summed E-state index contributed by atoms with van der Waals surface area (Å²) in [5.74, 6) is 0. The number of amides is 2. The first-order valence-electron chi connectivity index (χ1n) is 8.68. The highest BCUT2D eigenvalue weighted by Gasteiger charge is 2.30. The fourth-order valence-corrected chi connectivity index (χ4v) is 4.25. The van der Waals surface area contributed by atoms with Gasteiger partial charge in [-0.25, -0.2) is 9.78 Å². The predicted molar refractivity (Wildman–Crippen MR) is 97.4 cm³/mol. The maximum Gasteiger partial charge on any atom is 0.317 e. The minimum Gasteiger partial charge on any atom is -0.385 e. The monoisotopic (exact) mass is 347 g/mol. The fourth-order valence-electron chi connectivity index (χ4n) is 3.13. The van der Waals surface area contributed by atoms with Crippen LogP contribution in [0.4, 0.5) is 4.79 Å². The molecule has 0 unspecified atom stereocenters. The number of urea groups is 1. The van der Waals surface area contributed by atoms with Gasteiger partial charge in [-0.3, -0.25) is 0 Å². The van der Waals surface area contributed by atoms with Gasteiger partial charge in [0, 0.05) is 26.8 Å². The SMILES string of the molecule is COCCCCNC(=O)N1CCCC[C@@H]1c1nc2ccccc2s1. The Morgan fingerprint density at radius 1 is 1.38 bits per heavy atom. The van der Waals surface area contributed by atoms with Crippen LogP contribution in [0.5, 0.6) is 0 Å². The first kappa shape index (κ1) is 17.2. The van der Waals surface area contributed by atoms with Gasteiger partial charge in [-0.15, -0.1) is 11.3 Å². The Morgan fingerprint density at radius 2 is 2.25 bits per heavy atom. The van der Waals surface area contributed by atoms with E-state index in [0.717, 1.165) is 55.8 Å². The van der Waals surface area contributed by atoms with Crippen molar-refractivity contribution < 1.29 is 9.53 Å². The number of unbranched alkanes of at least 4 members (excludes halogenated alkanes) is 1. The molecule has 0 aliphatic carbocycles. The lowest BCUT2D eigenvalue weighted by molar-refractivity contribution is 0.150. The third-order valence-corrected chi connectivity index (χ3v) is 5.55. The van der Waals surface area contributed by atoms with Crippen LogP contribution in [0.1, 0.15) is 43.2 Å². The molecule has 0 spiro atoms. The van der Waals surface area contributed by atoms with Gasteiger partial charge in [0.25, 0.3) is 0 Å². The molecular formula is C18H25N3O2S. The number of likely N-dealkylation sites (tertiary alicyclic amines) is 1. The van der Waals surface area contributed by atoms with Crippen molar-refractivity contribution in [3.8, 4) is 0 Å². The zero-order valence-electron chi connectivity index (χ0n) is 14.2. The summed E-state index contributed by atoms with van der Waals surface area (Å²) in [5, 5.41) is 4.11. The molecule has 1 aromatic heterocycles. The van der Waals surface area contributed by atoms with Gasteiger partial charge in [0.05, 0.1) is 16.3 Å². The second kappa shape index (κ2) is 8.44. The van der Waals surface area contributed by atoms with Crippen molar-refractivity contribution in [2.24, 2.45) is 0 Å². The van der Waals surface area contributed by atoms with Crippen molar-refractivity contribution in [1.82, 2.24) is 15.2 Å². The van der Waals surface area contributed by atoms with Crippen molar-refractivity contribution in [2.75, 3.05) is 26.8 Å². The molecule has 5 nitrogen and oxygen atoms in total. The normalized spacial score (nSPS) is 18.0. The van der Waals surface area contributed by atoms with Crippen molar-refractivity contribution in [2.45, 2.75) is 38.1 Å². The van der Waals surface area contributed by atoms with Gasteiger partial charge in [-0.2, -0.15) is 0 Å². The van der Waals surface area contributed by atoms with Crippen LogP contribution in [0.15, 0.2) is 24.3 Å². The van der Waals surface area contributed by atoms with Crippen molar-refractivity contribution in [3.63, 3.8) is 0 Å². The number of piperidine rings is 1. The van der Waals surface area contributed by atoms with Crippen LogP contribution < -0.4 is 5.32 Å². The Morgan fingerprint density at radius 3 is 3.08 bits per heavy atom. The first-order valence-corrected chi connectivity index (χ1v) is 9.50. The molecule has 0 bridgehead atoms. The number of carbonyl (C=O) groups excluding carboxylic acids is 1. The summed E-state index contributed by atoms with van der Waals surface area (Å²) in [4.78, 5) is 19.3. The second-order valence-corrected chi connectivity index (χ2v) is 7.22. The summed E-state index contributed by atoms with van der Waals surface area (Å²) >= 11 is 1.71. The molecule has 130 valence electrons. The molecule has 3 rings (SSSR count). The number of ether oxygens (including phenoxy) is 1. The molecule has 2 heterocycles. The molecule has 1 fully saturated rings. The van der Waals surface area contributed by atoms with Crippen molar-refractivity contribution in [3.05, 3.63) is 29.3 Å². The number of nitrogens with one attached hydrogen (secondary N) is 1. The lowest BCUT2D eigenvalue weighted by Crippen LogP contribution is -2.44. The lowest BCUT2D eigenvalue weighted by Gasteiger charge is -2.34. The van der Waals surface area contributed by atoms with E-state index >= 15 is 0 Å². The molecule has 24 heavy (non-hydrogen) atoms. The number of fused-ring (bicyclic) bond motifs is 1.